The molecule has 22 heavy (non-hydrogen) atoms. The summed E-state index contributed by atoms with van der Waals surface area (Å²) in [6.07, 6.45) is 3.37. The molecule has 1 N–H and O–H groups in total. The molecule has 3 rings (SSSR count). The molecule has 5 nitrogen and oxygen atoms in total. The molecule has 0 aliphatic heterocycles. The summed E-state index contributed by atoms with van der Waals surface area (Å²) in [6.45, 7) is 1.83. The highest BCUT2D eigenvalue weighted by atomic mass is 19.2. The van der Waals surface area contributed by atoms with Gasteiger partial charge in [-0.2, -0.15) is 5.10 Å². The van der Waals surface area contributed by atoms with Gasteiger partial charge in [-0.25, -0.2) is 19.2 Å². The molecule has 2 aromatic heterocycles. The number of benzene rings is 1. The number of aryl methyl sites for hydroxylation is 1. The van der Waals surface area contributed by atoms with E-state index in [4.69, 9.17) is 0 Å². The van der Waals surface area contributed by atoms with Crippen molar-refractivity contribution in [3.63, 3.8) is 0 Å². The molecular formula is C15H13F2N5. The molecular weight excluding hydrogens is 288 g/mol. The summed E-state index contributed by atoms with van der Waals surface area (Å²) >= 11 is 0. The van der Waals surface area contributed by atoms with Gasteiger partial charge in [0.25, 0.3) is 0 Å². The molecule has 0 spiro atoms. The van der Waals surface area contributed by atoms with Crippen molar-refractivity contribution in [2.24, 2.45) is 12.1 Å². The summed E-state index contributed by atoms with van der Waals surface area (Å²) in [4.78, 5) is 8.22. The van der Waals surface area contributed by atoms with Gasteiger partial charge in [0.15, 0.2) is 11.6 Å². The Morgan fingerprint density at radius 1 is 1.27 bits per heavy atom. The molecule has 3 aromatic rings. The molecule has 0 radical (unpaired) electrons. The number of rotatable bonds is 3. The number of imidazole rings is 1. The zero-order chi connectivity index (χ0) is 15.7. The quantitative estimate of drug-likeness (QED) is 0.597. The molecule has 0 fully saturated rings. The Morgan fingerprint density at radius 3 is 2.77 bits per heavy atom. The number of nitrogens with one attached hydrogen (secondary N) is 1. The number of aromatic nitrogens is 3. The third-order valence-electron chi connectivity index (χ3n) is 3.33. The lowest BCUT2D eigenvalue weighted by atomic mass is 10.2. The SMILES string of the molecule is C/C(=N\Nc1nc2cc(F)c(F)cc2n1C)c1cccnc1. The zero-order valence-corrected chi connectivity index (χ0v) is 12.0. The minimum absolute atomic E-state index is 0.359. The Morgan fingerprint density at radius 2 is 2.05 bits per heavy atom. The first-order valence-electron chi connectivity index (χ1n) is 6.58. The van der Waals surface area contributed by atoms with E-state index < -0.39 is 11.6 Å². The Kier molecular flexibility index (Phi) is 3.54. The van der Waals surface area contributed by atoms with Crippen LogP contribution in [-0.4, -0.2) is 20.2 Å². The average molecular weight is 301 g/mol. The van der Waals surface area contributed by atoms with Gasteiger partial charge < -0.3 is 4.57 Å². The van der Waals surface area contributed by atoms with Crippen LogP contribution in [0.5, 0.6) is 0 Å². The van der Waals surface area contributed by atoms with Gasteiger partial charge in [0.2, 0.25) is 5.95 Å². The molecule has 0 atom stereocenters. The van der Waals surface area contributed by atoms with Crippen molar-refractivity contribution in [3.8, 4) is 0 Å². The van der Waals surface area contributed by atoms with Crippen molar-refractivity contribution in [1.29, 1.82) is 0 Å². The summed E-state index contributed by atoms with van der Waals surface area (Å²) in [5.74, 6) is -1.44. The van der Waals surface area contributed by atoms with E-state index in [1.54, 1.807) is 24.0 Å². The Bertz CT molecular complexity index is 855. The van der Waals surface area contributed by atoms with Gasteiger partial charge in [-0.15, -0.1) is 0 Å². The minimum atomic E-state index is -0.924. The van der Waals surface area contributed by atoms with Crippen LogP contribution in [0.15, 0.2) is 41.8 Å². The third-order valence-corrected chi connectivity index (χ3v) is 3.33. The molecule has 7 heteroatoms. The summed E-state index contributed by atoms with van der Waals surface area (Å²) in [6, 6.07) is 5.87. The summed E-state index contributed by atoms with van der Waals surface area (Å²) in [7, 11) is 1.70. The van der Waals surface area contributed by atoms with Crippen LogP contribution < -0.4 is 5.43 Å². The first-order chi connectivity index (χ1) is 10.6. The van der Waals surface area contributed by atoms with E-state index in [-0.39, 0.29) is 0 Å². The second-order valence-corrected chi connectivity index (χ2v) is 4.80. The maximum absolute atomic E-state index is 13.3. The van der Waals surface area contributed by atoms with Crippen molar-refractivity contribution in [1.82, 2.24) is 14.5 Å². The zero-order valence-electron chi connectivity index (χ0n) is 12.0. The molecule has 0 saturated carbocycles. The first-order valence-corrected chi connectivity index (χ1v) is 6.58. The smallest absolute Gasteiger partial charge is 0.224 e. The second kappa shape index (κ2) is 5.51. The summed E-state index contributed by atoms with van der Waals surface area (Å²) in [5.41, 5.74) is 5.23. The highest BCUT2D eigenvalue weighted by Gasteiger charge is 2.11. The maximum atomic E-state index is 13.3. The fourth-order valence-electron chi connectivity index (χ4n) is 2.06. The molecule has 1 aromatic carbocycles. The molecule has 0 amide bonds. The lowest BCUT2D eigenvalue weighted by Crippen LogP contribution is -2.03. The number of halogens is 2. The number of nitrogens with zero attached hydrogens (tertiary/aromatic N) is 4. The van der Waals surface area contributed by atoms with Crippen LogP contribution in [0.2, 0.25) is 0 Å². The van der Waals surface area contributed by atoms with Crippen LogP contribution in [0.1, 0.15) is 12.5 Å². The van der Waals surface area contributed by atoms with Crippen LogP contribution in [0, 0.1) is 11.6 Å². The lowest BCUT2D eigenvalue weighted by molar-refractivity contribution is 0.510. The van der Waals surface area contributed by atoms with Crippen LogP contribution in [0.3, 0.4) is 0 Å². The Hall–Kier alpha value is -2.83. The molecule has 0 bridgehead atoms. The van der Waals surface area contributed by atoms with Crippen molar-refractivity contribution < 1.29 is 8.78 Å². The predicted octanol–water partition coefficient (Wildman–Crippen LogP) is 3.08. The Balaban J connectivity index is 1.93. The molecule has 0 aliphatic carbocycles. The molecule has 0 saturated heterocycles. The van der Waals surface area contributed by atoms with Crippen LogP contribution >= 0.6 is 0 Å². The summed E-state index contributed by atoms with van der Waals surface area (Å²) < 4.78 is 28.2. The van der Waals surface area contributed by atoms with Crippen LogP contribution in [0.4, 0.5) is 14.7 Å². The van der Waals surface area contributed by atoms with Gasteiger partial charge in [0.1, 0.15) is 0 Å². The fraction of sp³-hybridized carbons (Fsp3) is 0.133. The van der Waals surface area contributed by atoms with Crippen molar-refractivity contribution in [2.75, 3.05) is 5.43 Å². The normalized spacial score (nSPS) is 11.9. The number of pyridine rings is 1. The van der Waals surface area contributed by atoms with E-state index in [0.29, 0.717) is 17.0 Å². The van der Waals surface area contributed by atoms with Gasteiger partial charge in [-0.05, 0) is 13.0 Å². The maximum Gasteiger partial charge on any atom is 0.224 e. The van der Waals surface area contributed by atoms with Crippen molar-refractivity contribution >= 4 is 22.7 Å². The predicted molar refractivity (Wildman–Crippen MR) is 80.7 cm³/mol. The fourth-order valence-corrected chi connectivity index (χ4v) is 2.06. The molecule has 0 unspecified atom stereocenters. The van der Waals surface area contributed by atoms with E-state index in [1.165, 1.54) is 0 Å². The van der Waals surface area contributed by atoms with Crippen LogP contribution in [0.25, 0.3) is 11.0 Å². The highest BCUT2D eigenvalue weighted by Crippen LogP contribution is 2.21. The van der Waals surface area contributed by atoms with E-state index in [1.807, 2.05) is 19.1 Å². The van der Waals surface area contributed by atoms with Gasteiger partial charge in [-0.3, -0.25) is 4.98 Å². The van der Waals surface area contributed by atoms with Gasteiger partial charge in [0, 0.05) is 37.1 Å². The largest absolute Gasteiger partial charge is 0.312 e. The van der Waals surface area contributed by atoms with Gasteiger partial charge in [-0.1, -0.05) is 6.07 Å². The summed E-state index contributed by atoms with van der Waals surface area (Å²) in [5, 5.41) is 4.22. The standard InChI is InChI=1S/C15H13F2N5/c1-9(10-4-3-5-18-8-10)20-21-15-19-13-6-11(16)12(17)7-14(13)22(15)2/h3-8H,1-2H3,(H,19,21)/b20-9+. The Labute approximate surface area is 125 Å². The van der Waals surface area contributed by atoms with Gasteiger partial charge >= 0.3 is 0 Å². The van der Waals surface area contributed by atoms with E-state index >= 15 is 0 Å². The average Bonchev–Trinajstić information content (AvgIpc) is 2.82. The van der Waals surface area contributed by atoms with Crippen molar-refractivity contribution in [3.05, 3.63) is 53.9 Å². The number of anilines is 1. The van der Waals surface area contributed by atoms with Crippen LogP contribution in [-0.2, 0) is 7.05 Å². The first kappa shape index (κ1) is 14.1. The number of hydrazone groups is 1. The number of hydrogen-bond donors (Lipinski definition) is 1. The van der Waals surface area contributed by atoms with E-state index in [9.17, 15) is 8.78 Å². The second-order valence-electron chi connectivity index (χ2n) is 4.80. The van der Waals surface area contributed by atoms with E-state index in [2.05, 4.69) is 20.5 Å². The molecule has 0 aliphatic rings. The monoisotopic (exact) mass is 301 g/mol. The molecule has 2 heterocycles. The molecule has 112 valence electrons. The lowest BCUT2D eigenvalue weighted by Gasteiger charge is -2.03. The topological polar surface area (TPSA) is 55.1 Å². The highest BCUT2D eigenvalue weighted by molar-refractivity contribution is 5.98. The number of hydrogen-bond acceptors (Lipinski definition) is 4. The van der Waals surface area contributed by atoms with E-state index in [0.717, 1.165) is 23.4 Å². The van der Waals surface area contributed by atoms with Crippen molar-refractivity contribution in [2.45, 2.75) is 6.92 Å². The minimum Gasteiger partial charge on any atom is -0.312 e. The van der Waals surface area contributed by atoms with Gasteiger partial charge in [0.05, 0.1) is 16.7 Å². The number of fused-ring (bicyclic) bond motifs is 1. The third kappa shape index (κ3) is 2.52.